The summed E-state index contributed by atoms with van der Waals surface area (Å²) in [6.07, 6.45) is 8.91. The van der Waals surface area contributed by atoms with E-state index in [0.29, 0.717) is 29.3 Å². The van der Waals surface area contributed by atoms with Crippen molar-refractivity contribution in [2.75, 3.05) is 6.79 Å². The van der Waals surface area contributed by atoms with Crippen LogP contribution in [-0.4, -0.2) is 15.1 Å². The molecule has 1 heterocycles. The van der Waals surface area contributed by atoms with E-state index in [1.165, 1.54) is 5.56 Å². The molecule has 0 aromatic heterocycles. The van der Waals surface area contributed by atoms with Crippen LogP contribution in [0.3, 0.4) is 0 Å². The molecule has 1 aliphatic heterocycles. The van der Waals surface area contributed by atoms with Crippen molar-refractivity contribution in [1.29, 1.82) is 0 Å². The van der Waals surface area contributed by atoms with Crippen molar-refractivity contribution in [2.45, 2.75) is 90.8 Å². The van der Waals surface area contributed by atoms with Crippen molar-refractivity contribution in [3.63, 3.8) is 0 Å². The maximum absolute atomic E-state index is 7.03. The number of allylic oxidation sites excluding steroid dienone is 3. The number of fused-ring (bicyclic) bond motifs is 1. The molecular weight excluding hydrogens is 388 g/mol. The molecule has 0 saturated carbocycles. The first-order valence-electron chi connectivity index (χ1n) is 11.5. The fraction of sp³-hybridized carbons (Fsp3) is 0.615. The van der Waals surface area contributed by atoms with Gasteiger partial charge < -0.3 is 13.9 Å². The van der Waals surface area contributed by atoms with Crippen molar-refractivity contribution in [2.24, 2.45) is 5.41 Å². The minimum Gasteiger partial charge on any atom is -0.546 e. The molecule has 3 rings (SSSR count). The van der Waals surface area contributed by atoms with Crippen LogP contribution in [-0.2, 0) is 4.43 Å². The highest BCUT2D eigenvalue weighted by Crippen LogP contribution is 2.47. The lowest BCUT2D eigenvalue weighted by Crippen LogP contribution is -2.47. The molecule has 1 atom stereocenters. The summed E-state index contributed by atoms with van der Waals surface area (Å²) in [6, 6.07) is 6.40. The molecule has 0 radical (unpaired) electrons. The Balaban J connectivity index is 1.91. The van der Waals surface area contributed by atoms with E-state index in [4.69, 9.17) is 13.9 Å². The molecule has 2 aliphatic rings. The maximum atomic E-state index is 7.03. The molecule has 0 amide bonds. The van der Waals surface area contributed by atoms with Crippen molar-refractivity contribution in [3.8, 4) is 11.5 Å². The van der Waals surface area contributed by atoms with Gasteiger partial charge in [0.1, 0.15) is 0 Å². The Morgan fingerprint density at radius 3 is 2.23 bits per heavy atom. The van der Waals surface area contributed by atoms with Gasteiger partial charge >= 0.3 is 0 Å². The number of ether oxygens (including phenoxy) is 2. The molecule has 0 fully saturated rings. The summed E-state index contributed by atoms with van der Waals surface area (Å²) >= 11 is 0. The summed E-state index contributed by atoms with van der Waals surface area (Å²) in [6.45, 7) is 19.1. The smallest absolute Gasteiger partial charge is 0.258 e. The van der Waals surface area contributed by atoms with Gasteiger partial charge in [-0.15, -0.1) is 0 Å². The molecule has 4 heteroatoms. The van der Waals surface area contributed by atoms with E-state index in [1.807, 2.05) is 6.07 Å². The summed E-state index contributed by atoms with van der Waals surface area (Å²) < 4.78 is 18.2. The summed E-state index contributed by atoms with van der Waals surface area (Å²) in [5.74, 6) is 3.23. The van der Waals surface area contributed by atoms with Crippen molar-refractivity contribution >= 4 is 8.32 Å². The van der Waals surface area contributed by atoms with Gasteiger partial charge in [0.2, 0.25) is 6.79 Å². The van der Waals surface area contributed by atoms with Crippen LogP contribution < -0.4 is 9.47 Å². The lowest BCUT2D eigenvalue weighted by Gasteiger charge is -2.43. The lowest BCUT2D eigenvalue weighted by atomic mass is 9.72. The molecule has 1 aromatic carbocycles. The minimum absolute atomic E-state index is 0.0540. The first-order chi connectivity index (χ1) is 14.1. The van der Waals surface area contributed by atoms with Crippen molar-refractivity contribution in [1.82, 2.24) is 0 Å². The first-order valence-corrected chi connectivity index (χ1v) is 13.7. The van der Waals surface area contributed by atoms with Gasteiger partial charge in [0, 0.05) is 6.42 Å². The third-order valence-electron chi connectivity index (χ3n) is 7.16. The second-order valence-corrected chi connectivity index (χ2v) is 15.8. The van der Waals surface area contributed by atoms with Crippen LogP contribution in [0.4, 0.5) is 0 Å². The quantitative estimate of drug-likeness (QED) is 0.340. The van der Waals surface area contributed by atoms with Crippen LogP contribution in [0.1, 0.15) is 79.7 Å². The molecule has 0 saturated heterocycles. The van der Waals surface area contributed by atoms with E-state index in [2.05, 4.69) is 85.8 Å². The van der Waals surface area contributed by atoms with Crippen LogP contribution in [0.2, 0.25) is 16.6 Å². The Hall–Kier alpha value is -1.68. The molecule has 0 spiro atoms. The maximum Gasteiger partial charge on any atom is 0.258 e. The second kappa shape index (κ2) is 8.82. The van der Waals surface area contributed by atoms with E-state index < -0.39 is 8.32 Å². The predicted molar refractivity (Wildman–Crippen MR) is 128 cm³/mol. The molecule has 0 bridgehead atoms. The third-order valence-corrected chi connectivity index (χ3v) is 13.2. The van der Waals surface area contributed by atoms with Crippen LogP contribution in [0.15, 0.2) is 42.2 Å². The van der Waals surface area contributed by atoms with Crippen LogP contribution in [0, 0.1) is 5.41 Å². The van der Waals surface area contributed by atoms with Gasteiger partial charge in [-0.2, -0.15) is 0 Å². The Kier molecular flexibility index (Phi) is 6.76. The van der Waals surface area contributed by atoms with E-state index in [1.54, 1.807) is 0 Å². The number of rotatable bonds is 6. The normalized spacial score (nSPS) is 23.8. The van der Waals surface area contributed by atoms with Gasteiger partial charge in [0.05, 0.1) is 5.76 Å². The average Bonchev–Trinajstić information content (AvgIpc) is 3.10. The van der Waals surface area contributed by atoms with Crippen LogP contribution in [0.5, 0.6) is 11.5 Å². The highest BCUT2D eigenvalue weighted by molar-refractivity contribution is 6.77. The minimum atomic E-state index is -1.94. The van der Waals surface area contributed by atoms with Crippen LogP contribution >= 0.6 is 0 Å². The molecule has 3 nitrogen and oxygen atoms in total. The zero-order valence-corrected chi connectivity index (χ0v) is 21.1. The highest BCUT2D eigenvalue weighted by atomic mass is 28.4. The largest absolute Gasteiger partial charge is 0.546 e. The fourth-order valence-electron chi connectivity index (χ4n) is 5.59. The van der Waals surface area contributed by atoms with Crippen molar-refractivity contribution in [3.05, 3.63) is 47.7 Å². The molecule has 0 N–H and O–H groups in total. The number of hydrogen-bond donors (Lipinski definition) is 0. The Labute approximate surface area is 184 Å². The van der Waals surface area contributed by atoms with Gasteiger partial charge in [-0.1, -0.05) is 73.6 Å². The summed E-state index contributed by atoms with van der Waals surface area (Å²) in [4.78, 5) is 0. The molecule has 1 aliphatic carbocycles. The zero-order chi connectivity index (χ0) is 22.1. The van der Waals surface area contributed by atoms with Gasteiger partial charge in [0.15, 0.2) is 11.5 Å². The monoisotopic (exact) mass is 428 g/mol. The zero-order valence-electron chi connectivity index (χ0n) is 20.1. The van der Waals surface area contributed by atoms with Gasteiger partial charge in [-0.05, 0) is 58.1 Å². The van der Waals surface area contributed by atoms with Gasteiger partial charge in [-0.3, -0.25) is 0 Å². The van der Waals surface area contributed by atoms with Gasteiger partial charge in [-0.25, -0.2) is 0 Å². The SMILES string of the molecule is CC(C)[Si](O/C1=C/CC(c2ccc3c(c2)OCO3)C(C)(C)/C=C\C1)(C(C)C)C(C)C. The number of hydrogen-bond acceptors (Lipinski definition) is 3. The molecule has 30 heavy (non-hydrogen) atoms. The topological polar surface area (TPSA) is 27.7 Å². The van der Waals surface area contributed by atoms with Gasteiger partial charge in [0.25, 0.3) is 8.32 Å². The summed E-state index contributed by atoms with van der Waals surface area (Å²) in [5, 5.41) is 0. The van der Waals surface area contributed by atoms with Crippen LogP contribution in [0.25, 0.3) is 0 Å². The summed E-state index contributed by atoms with van der Waals surface area (Å²) in [7, 11) is -1.94. The standard InChI is InChI=1S/C26H40O3Si/c1-18(2)30(19(3)4,20(5)6)29-22-10-9-15-26(7,8)23(13-12-22)21-11-14-24-25(16-21)28-17-27-24/h9,11-12,14-16,18-20,23H,10,13,17H2,1-8H3/b15-9-,22-12+. The van der Waals surface area contributed by atoms with E-state index in [9.17, 15) is 0 Å². The molecule has 1 unspecified atom stereocenters. The fourth-order valence-corrected chi connectivity index (χ4v) is 10.9. The second-order valence-electron chi connectivity index (χ2n) is 10.4. The third kappa shape index (κ3) is 4.34. The first kappa shape index (κ1) is 23.0. The Morgan fingerprint density at radius 1 is 0.967 bits per heavy atom. The van der Waals surface area contributed by atoms with Crippen molar-refractivity contribution < 1.29 is 13.9 Å². The predicted octanol–water partition coefficient (Wildman–Crippen LogP) is 7.95. The van der Waals surface area contributed by atoms with E-state index in [0.717, 1.165) is 30.1 Å². The molecular formula is C26H40O3Si. The molecule has 1 aromatic rings. The molecule has 166 valence electrons. The van der Waals surface area contributed by atoms with E-state index in [-0.39, 0.29) is 5.41 Å². The highest BCUT2D eigenvalue weighted by Gasteiger charge is 2.47. The van der Waals surface area contributed by atoms with E-state index >= 15 is 0 Å². The Morgan fingerprint density at radius 2 is 1.60 bits per heavy atom. The summed E-state index contributed by atoms with van der Waals surface area (Å²) in [5.41, 5.74) is 3.08. The Bertz CT molecular complexity index is 783. The lowest BCUT2D eigenvalue weighted by molar-refractivity contribution is 0.174. The number of benzene rings is 1. The average molecular weight is 429 g/mol.